The van der Waals surface area contributed by atoms with Crippen LogP contribution in [0.5, 0.6) is 0 Å². The summed E-state index contributed by atoms with van der Waals surface area (Å²) in [5, 5.41) is 1.76. The molecular formula is C20H13NO4. The van der Waals surface area contributed by atoms with E-state index in [2.05, 4.69) is 4.98 Å². The number of benzene rings is 2. The Hall–Kier alpha value is -3.47. The summed E-state index contributed by atoms with van der Waals surface area (Å²) in [4.78, 5) is 28.6. The Morgan fingerprint density at radius 3 is 2.52 bits per heavy atom. The monoisotopic (exact) mass is 331 g/mol. The lowest BCUT2D eigenvalue weighted by atomic mass is 10.2. The van der Waals surface area contributed by atoms with Crippen LogP contribution in [0.3, 0.4) is 0 Å². The standard InChI is InChI=1S/C20H13NO4/c22-17(19-11-14-6-2-4-8-18(14)25-19)12-24-20(23)16-10-9-13-5-1-3-7-15(13)21-16/h1-11H,12H2. The lowest BCUT2D eigenvalue weighted by Gasteiger charge is -2.04. The van der Waals surface area contributed by atoms with Gasteiger partial charge in [0.25, 0.3) is 0 Å². The summed E-state index contributed by atoms with van der Waals surface area (Å²) in [6.45, 7) is -0.396. The average molecular weight is 331 g/mol. The zero-order valence-electron chi connectivity index (χ0n) is 13.1. The van der Waals surface area contributed by atoms with Crippen LogP contribution >= 0.6 is 0 Å². The maximum absolute atomic E-state index is 12.2. The van der Waals surface area contributed by atoms with Gasteiger partial charge in [0.1, 0.15) is 11.3 Å². The van der Waals surface area contributed by atoms with E-state index >= 15 is 0 Å². The molecule has 5 nitrogen and oxygen atoms in total. The summed E-state index contributed by atoms with van der Waals surface area (Å²) in [7, 11) is 0. The van der Waals surface area contributed by atoms with E-state index in [-0.39, 0.29) is 11.5 Å². The number of hydrogen-bond donors (Lipinski definition) is 0. The molecule has 2 heterocycles. The van der Waals surface area contributed by atoms with Gasteiger partial charge < -0.3 is 9.15 Å². The molecule has 0 amide bonds. The molecule has 4 rings (SSSR count). The van der Waals surface area contributed by atoms with Gasteiger partial charge in [-0.25, -0.2) is 9.78 Å². The van der Waals surface area contributed by atoms with Crippen LogP contribution in [0, 0.1) is 0 Å². The number of furan rings is 1. The summed E-state index contributed by atoms with van der Waals surface area (Å²) < 4.78 is 10.5. The lowest BCUT2D eigenvalue weighted by Crippen LogP contribution is -2.14. The van der Waals surface area contributed by atoms with Crippen molar-refractivity contribution in [1.82, 2.24) is 4.98 Å². The summed E-state index contributed by atoms with van der Waals surface area (Å²) >= 11 is 0. The zero-order chi connectivity index (χ0) is 17.2. The van der Waals surface area contributed by atoms with Crippen molar-refractivity contribution in [2.75, 3.05) is 6.61 Å². The predicted octanol–water partition coefficient (Wildman–Crippen LogP) is 4.02. The molecule has 0 fully saturated rings. The van der Waals surface area contributed by atoms with Crippen molar-refractivity contribution in [2.45, 2.75) is 0 Å². The maximum Gasteiger partial charge on any atom is 0.357 e. The van der Waals surface area contributed by atoms with E-state index in [0.717, 1.165) is 10.8 Å². The van der Waals surface area contributed by atoms with E-state index in [1.54, 1.807) is 24.3 Å². The number of pyridine rings is 1. The third-order valence-corrected chi connectivity index (χ3v) is 3.84. The second-order valence-electron chi connectivity index (χ2n) is 5.54. The number of carbonyl (C=O) groups is 2. The Kier molecular flexibility index (Phi) is 3.74. The number of Topliss-reactive ketones (excluding diaryl/α,β-unsaturated/α-hetero) is 1. The highest BCUT2D eigenvalue weighted by Crippen LogP contribution is 2.19. The smallest absolute Gasteiger partial charge is 0.357 e. The van der Waals surface area contributed by atoms with Crippen molar-refractivity contribution in [1.29, 1.82) is 0 Å². The van der Waals surface area contributed by atoms with Gasteiger partial charge >= 0.3 is 5.97 Å². The first-order chi connectivity index (χ1) is 12.2. The van der Waals surface area contributed by atoms with Crippen molar-refractivity contribution in [3.05, 3.63) is 78.2 Å². The minimum Gasteiger partial charge on any atom is -0.453 e. The average Bonchev–Trinajstić information content (AvgIpc) is 3.09. The summed E-state index contributed by atoms with van der Waals surface area (Å²) in [6, 6.07) is 19.8. The van der Waals surface area contributed by atoms with Crippen LogP contribution in [0.25, 0.3) is 21.9 Å². The Morgan fingerprint density at radius 1 is 0.920 bits per heavy atom. The molecule has 0 aliphatic rings. The topological polar surface area (TPSA) is 69.4 Å². The van der Waals surface area contributed by atoms with Crippen molar-refractivity contribution < 1.29 is 18.7 Å². The molecule has 2 aromatic carbocycles. The molecule has 0 unspecified atom stereocenters. The number of nitrogens with zero attached hydrogens (tertiary/aromatic N) is 1. The highest BCUT2D eigenvalue weighted by molar-refractivity contribution is 6.00. The fraction of sp³-hybridized carbons (Fsp3) is 0.0500. The normalized spacial score (nSPS) is 10.9. The van der Waals surface area contributed by atoms with E-state index in [9.17, 15) is 9.59 Å². The molecule has 0 aliphatic carbocycles. The van der Waals surface area contributed by atoms with Crippen LogP contribution in [-0.2, 0) is 4.74 Å². The fourth-order valence-electron chi connectivity index (χ4n) is 2.58. The van der Waals surface area contributed by atoms with Crippen molar-refractivity contribution in [3.8, 4) is 0 Å². The van der Waals surface area contributed by atoms with Crippen LogP contribution in [-0.4, -0.2) is 23.3 Å². The molecule has 0 spiro atoms. The molecule has 2 aromatic heterocycles. The molecule has 0 N–H and O–H groups in total. The first kappa shape index (κ1) is 15.1. The number of ether oxygens (including phenoxy) is 1. The second-order valence-corrected chi connectivity index (χ2v) is 5.54. The van der Waals surface area contributed by atoms with Gasteiger partial charge in [-0.05, 0) is 24.3 Å². The molecule has 0 bridgehead atoms. The Morgan fingerprint density at radius 2 is 1.68 bits per heavy atom. The van der Waals surface area contributed by atoms with Gasteiger partial charge in [0.15, 0.2) is 12.4 Å². The third-order valence-electron chi connectivity index (χ3n) is 3.84. The molecule has 0 saturated carbocycles. The van der Waals surface area contributed by atoms with Gasteiger partial charge in [0.05, 0.1) is 5.52 Å². The highest BCUT2D eigenvalue weighted by atomic mass is 16.5. The van der Waals surface area contributed by atoms with Crippen molar-refractivity contribution >= 4 is 33.6 Å². The molecule has 0 atom stereocenters. The van der Waals surface area contributed by atoms with E-state index in [0.29, 0.717) is 11.1 Å². The lowest BCUT2D eigenvalue weighted by molar-refractivity contribution is 0.0463. The van der Waals surface area contributed by atoms with Crippen LogP contribution in [0.2, 0.25) is 0 Å². The predicted molar refractivity (Wildman–Crippen MR) is 92.6 cm³/mol. The molecule has 0 aliphatic heterocycles. The number of carbonyl (C=O) groups excluding carboxylic acids is 2. The van der Waals surface area contributed by atoms with Crippen molar-refractivity contribution in [3.63, 3.8) is 0 Å². The first-order valence-electron chi connectivity index (χ1n) is 7.75. The zero-order valence-corrected chi connectivity index (χ0v) is 13.1. The quantitative estimate of drug-likeness (QED) is 0.417. The maximum atomic E-state index is 12.2. The second kappa shape index (κ2) is 6.20. The van der Waals surface area contributed by atoms with Gasteiger partial charge in [-0.1, -0.05) is 42.5 Å². The van der Waals surface area contributed by atoms with E-state index < -0.39 is 18.4 Å². The van der Waals surface area contributed by atoms with Crippen LogP contribution in [0.1, 0.15) is 21.0 Å². The number of para-hydroxylation sites is 2. The van der Waals surface area contributed by atoms with Gasteiger partial charge in [0, 0.05) is 10.8 Å². The molecule has 5 heteroatoms. The van der Waals surface area contributed by atoms with E-state index in [1.165, 1.54) is 0 Å². The van der Waals surface area contributed by atoms with Gasteiger partial charge in [-0.15, -0.1) is 0 Å². The summed E-state index contributed by atoms with van der Waals surface area (Å²) in [5.41, 5.74) is 1.48. The molecule has 4 aromatic rings. The molecule has 25 heavy (non-hydrogen) atoms. The summed E-state index contributed by atoms with van der Waals surface area (Å²) in [6.07, 6.45) is 0. The van der Waals surface area contributed by atoms with Gasteiger partial charge in [-0.3, -0.25) is 4.79 Å². The van der Waals surface area contributed by atoms with E-state index in [4.69, 9.17) is 9.15 Å². The molecule has 122 valence electrons. The minimum atomic E-state index is -0.643. The Bertz CT molecular complexity index is 1060. The Balaban J connectivity index is 1.47. The van der Waals surface area contributed by atoms with Gasteiger partial charge in [-0.2, -0.15) is 0 Å². The number of fused-ring (bicyclic) bond motifs is 2. The number of rotatable bonds is 4. The highest BCUT2D eigenvalue weighted by Gasteiger charge is 2.16. The molecular weight excluding hydrogens is 318 g/mol. The SMILES string of the molecule is O=C(OCC(=O)c1cc2ccccc2o1)c1ccc2ccccc2n1. The van der Waals surface area contributed by atoms with Crippen molar-refractivity contribution in [2.24, 2.45) is 0 Å². The molecule has 0 saturated heterocycles. The van der Waals surface area contributed by atoms with E-state index in [1.807, 2.05) is 42.5 Å². The van der Waals surface area contributed by atoms with Crippen LogP contribution in [0.15, 0.2) is 71.1 Å². The summed E-state index contributed by atoms with van der Waals surface area (Å²) in [5.74, 6) is -0.874. The fourth-order valence-corrected chi connectivity index (χ4v) is 2.58. The third kappa shape index (κ3) is 2.99. The largest absolute Gasteiger partial charge is 0.453 e. The first-order valence-corrected chi connectivity index (χ1v) is 7.75. The van der Waals surface area contributed by atoms with Gasteiger partial charge in [0.2, 0.25) is 5.78 Å². The number of hydrogen-bond acceptors (Lipinski definition) is 5. The number of aromatic nitrogens is 1. The number of ketones is 1. The Labute approximate surface area is 142 Å². The number of esters is 1. The molecule has 0 radical (unpaired) electrons. The minimum absolute atomic E-state index is 0.163. The van der Waals surface area contributed by atoms with Crippen LogP contribution < -0.4 is 0 Å². The van der Waals surface area contributed by atoms with Crippen LogP contribution in [0.4, 0.5) is 0 Å².